The summed E-state index contributed by atoms with van der Waals surface area (Å²) in [5.41, 5.74) is 1.03. The standard InChI is InChI=1S/C7H9ClN2/c1-9-4-6-5-10-3-2-7(6)8/h2-3,5,9H,4H2,1H3. The minimum atomic E-state index is 0.768. The van der Waals surface area contributed by atoms with E-state index in [1.807, 2.05) is 7.05 Å². The summed E-state index contributed by atoms with van der Waals surface area (Å²) < 4.78 is 0. The molecule has 0 spiro atoms. The summed E-state index contributed by atoms with van der Waals surface area (Å²) in [4.78, 5) is 3.94. The van der Waals surface area contributed by atoms with Crippen LogP contribution in [0.25, 0.3) is 0 Å². The SMILES string of the molecule is CNCc1cnccc1Cl. The Balaban J connectivity index is 2.81. The Morgan fingerprint density at radius 1 is 1.70 bits per heavy atom. The van der Waals surface area contributed by atoms with Crippen molar-refractivity contribution in [1.29, 1.82) is 0 Å². The molecule has 0 fully saturated rings. The number of hydrogen-bond donors (Lipinski definition) is 1. The molecule has 0 atom stereocenters. The number of nitrogens with one attached hydrogen (secondary N) is 1. The highest BCUT2D eigenvalue weighted by atomic mass is 35.5. The Bertz CT molecular complexity index is 213. The van der Waals surface area contributed by atoms with E-state index in [1.54, 1.807) is 18.5 Å². The van der Waals surface area contributed by atoms with Gasteiger partial charge in [-0.3, -0.25) is 4.98 Å². The second-order valence-corrected chi connectivity index (χ2v) is 2.40. The van der Waals surface area contributed by atoms with E-state index >= 15 is 0 Å². The monoisotopic (exact) mass is 156 g/mol. The van der Waals surface area contributed by atoms with Gasteiger partial charge in [-0.15, -0.1) is 0 Å². The second kappa shape index (κ2) is 3.54. The average molecular weight is 157 g/mol. The molecule has 10 heavy (non-hydrogen) atoms. The lowest BCUT2D eigenvalue weighted by Crippen LogP contribution is -2.05. The van der Waals surface area contributed by atoms with Gasteiger partial charge in [-0.2, -0.15) is 0 Å². The maximum Gasteiger partial charge on any atom is 0.0481 e. The lowest BCUT2D eigenvalue weighted by atomic mass is 10.3. The largest absolute Gasteiger partial charge is 0.316 e. The summed E-state index contributed by atoms with van der Waals surface area (Å²) in [5.74, 6) is 0. The summed E-state index contributed by atoms with van der Waals surface area (Å²) in [7, 11) is 1.88. The maximum absolute atomic E-state index is 5.82. The van der Waals surface area contributed by atoms with Gasteiger partial charge < -0.3 is 5.32 Å². The Morgan fingerprint density at radius 3 is 3.10 bits per heavy atom. The summed E-state index contributed by atoms with van der Waals surface area (Å²) in [6.45, 7) is 0.771. The molecule has 0 aliphatic rings. The van der Waals surface area contributed by atoms with Crippen LogP contribution < -0.4 is 5.32 Å². The Morgan fingerprint density at radius 2 is 2.50 bits per heavy atom. The molecule has 3 heteroatoms. The van der Waals surface area contributed by atoms with Crippen LogP contribution in [0.15, 0.2) is 18.5 Å². The van der Waals surface area contributed by atoms with Gasteiger partial charge in [0.1, 0.15) is 0 Å². The van der Waals surface area contributed by atoms with Crippen LogP contribution in [0.2, 0.25) is 5.02 Å². The van der Waals surface area contributed by atoms with Crippen molar-refractivity contribution in [2.75, 3.05) is 7.05 Å². The van der Waals surface area contributed by atoms with Gasteiger partial charge >= 0.3 is 0 Å². The van der Waals surface area contributed by atoms with Crippen molar-refractivity contribution >= 4 is 11.6 Å². The zero-order valence-electron chi connectivity index (χ0n) is 5.76. The van der Waals surface area contributed by atoms with Crippen LogP contribution in [0.1, 0.15) is 5.56 Å². The zero-order valence-corrected chi connectivity index (χ0v) is 6.52. The molecule has 0 unspecified atom stereocenters. The van der Waals surface area contributed by atoms with E-state index in [9.17, 15) is 0 Å². The molecule has 0 saturated heterocycles. The molecule has 1 rings (SSSR count). The van der Waals surface area contributed by atoms with Crippen LogP contribution in [0.4, 0.5) is 0 Å². The van der Waals surface area contributed by atoms with Crippen molar-refractivity contribution in [2.45, 2.75) is 6.54 Å². The van der Waals surface area contributed by atoms with Gasteiger partial charge in [0.25, 0.3) is 0 Å². The first-order valence-electron chi connectivity index (χ1n) is 3.07. The molecule has 1 aromatic heterocycles. The normalized spacial score (nSPS) is 9.80. The van der Waals surface area contributed by atoms with E-state index in [0.717, 1.165) is 17.1 Å². The predicted molar refractivity (Wildman–Crippen MR) is 42.0 cm³/mol. The first-order chi connectivity index (χ1) is 4.84. The molecule has 0 aliphatic heterocycles. The van der Waals surface area contributed by atoms with Crippen LogP contribution in [0.3, 0.4) is 0 Å². The number of aromatic nitrogens is 1. The van der Waals surface area contributed by atoms with Crippen molar-refractivity contribution in [3.8, 4) is 0 Å². The molecule has 1 N–H and O–H groups in total. The Labute approximate surface area is 65.2 Å². The summed E-state index contributed by atoms with van der Waals surface area (Å²) in [6.07, 6.45) is 3.44. The smallest absolute Gasteiger partial charge is 0.0481 e. The van der Waals surface area contributed by atoms with Gasteiger partial charge in [-0.05, 0) is 13.1 Å². The highest BCUT2D eigenvalue weighted by Gasteiger charge is 1.95. The lowest BCUT2D eigenvalue weighted by Gasteiger charge is -1.99. The Hall–Kier alpha value is -0.600. The fraction of sp³-hybridized carbons (Fsp3) is 0.286. The fourth-order valence-corrected chi connectivity index (χ4v) is 0.903. The van der Waals surface area contributed by atoms with E-state index in [2.05, 4.69) is 10.3 Å². The summed E-state index contributed by atoms with van der Waals surface area (Å²) >= 11 is 5.82. The molecular weight excluding hydrogens is 148 g/mol. The van der Waals surface area contributed by atoms with Crippen molar-refractivity contribution in [1.82, 2.24) is 10.3 Å². The molecular formula is C7H9ClN2. The predicted octanol–water partition coefficient (Wildman–Crippen LogP) is 1.45. The first-order valence-corrected chi connectivity index (χ1v) is 3.45. The molecule has 0 amide bonds. The van der Waals surface area contributed by atoms with Gasteiger partial charge in [0, 0.05) is 29.5 Å². The molecule has 0 aromatic carbocycles. The maximum atomic E-state index is 5.82. The summed E-state index contributed by atoms with van der Waals surface area (Å²) in [5, 5.41) is 3.77. The lowest BCUT2D eigenvalue weighted by molar-refractivity contribution is 0.813. The van der Waals surface area contributed by atoms with Gasteiger partial charge in [-0.25, -0.2) is 0 Å². The van der Waals surface area contributed by atoms with Crippen LogP contribution in [0, 0.1) is 0 Å². The molecule has 0 aliphatic carbocycles. The van der Waals surface area contributed by atoms with Crippen LogP contribution in [0.5, 0.6) is 0 Å². The molecule has 0 radical (unpaired) electrons. The van der Waals surface area contributed by atoms with Gasteiger partial charge in [0.2, 0.25) is 0 Å². The molecule has 1 aromatic rings. The highest BCUT2D eigenvalue weighted by molar-refractivity contribution is 6.31. The first kappa shape index (κ1) is 7.51. The van der Waals surface area contributed by atoms with E-state index in [0.29, 0.717) is 0 Å². The minimum Gasteiger partial charge on any atom is -0.316 e. The molecule has 0 bridgehead atoms. The van der Waals surface area contributed by atoms with Gasteiger partial charge in [0.15, 0.2) is 0 Å². The summed E-state index contributed by atoms with van der Waals surface area (Å²) in [6, 6.07) is 1.79. The van der Waals surface area contributed by atoms with Gasteiger partial charge in [-0.1, -0.05) is 11.6 Å². The Kier molecular flexibility index (Phi) is 2.66. The van der Waals surface area contributed by atoms with E-state index in [4.69, 9.17) is 11.6 Å². The molecule has 0 saturated carbocycles. The third-order valence-corrected chi connectivity index (χ3v) is 1.58. The second-order valence-electron chi connectivity index (χ2n) is 2.00. The van der Waals surface area contributed by atoms with Crippen molar-refractivity contribution in [3.63, 3.8) is 0 Å². The minimum absolute atomic E-state index is 0.768. The van der Waals surface area contributed by atoms with Crippen molar-refractivity contribution in [2.24, 2.45) is 0 Å². The van der Waals surface area contributed by atoms with E-state index in [1.165, 1.54) is 0 Å². The fourth-order valence-electron chi connectivity index (χ4n) is 0.731. The third kappa shape index (κ3) is 1.69. The molecule has 2 nitrogen and oxygen atoms in total. The van der Waals surface area contributed by atoms with Crippen LogP contribution in [-0.2, 0) is 6.54 Å². The van der Waals surface area contributed by atoms with Crippen molar-refractivity contribution in [3.05, 3.63) is 29.0 Å². The number of hydrogen-bond acceptors (Lipinski definition) is 2. The number of halogens is 1. The number of rotatable bonds is 2. The van der Waals surface area contributed by atoms with E-state index in [-0.39, 0.29) is 0 Å². The van der Waals surface area contributed by atoms with E-state index < -0.39 is 0 Å². The van der Waals surface area contributed by atoms with Gasteiger partial charge in [0.05, 0.1) is 0 Å². The number of pyridine rings is 1. The van der Waals surface area contributed by atoms with Crippen molar-refractivity contribution < 1.29 is 0 Å². The van der Waals surface area contributed by atoms with Crippen LogP contribution >= 0.6 is 11.6 Å². The number of nitrogens with zero attached hydrogens (tertiary/aromatic N) is 1. The zero-order chi connectivity index (χ0) is 7.40. The average Bonchev–Trinajstić information content (AvgIpc) is 1.94. The topological polar surface area (TPSA) is 24.9 Å². The highest BCUT2D eigenvalue weighted by Crippen LogP contribution is 2.12. The van der Waals surface area contributed by atoms with Crippen LogP contribution in [-0.4, -0.2) is 12.0 Å². The molecule has 1 heterocycles. The molecule has 54 valence electrons. The quantitative estimate of drug-likeness (QED) is 0.701. The third-order valence-electron chi connectivity index (χ3n) is 1.21.